The molecule has 0 heterocycles. The molecule has 0 unspecified atom stereocenters. The number of rotatable bonds is 3. The quantitative estimate of drug-likeness (QED) is 0.799. The Morgan fingerprint density at radius 3 is 2.05 bits per heavy atom. The van der Waals surface area contributed by atoms with Gasteiger partial charge in [0.05, 0.1) is 0 Å². The van der Waals surface area contributed by atoms with Crippen LogP contribution in [0.5, 0.6) is 0 Å². The van der Waals surface area contributed by atoms with Gasteiger partial charge in [0.1, 0.15) is 0 Å². The minimum absolute atomic E-state index is 0.0379. The van der Waals surface area contributed by atoms with Gasteiger partial charge >= 0.3 is 0 Å². The summed E-state index contributed by atoms with van der Waals surface area (Å²) in [5.41, 5.74) is 2.87. The van der Waals surface area contributed by atoms with Gasteiger partial charge in [0.25, 0.3) is 5.91 Å². The first-order chi connectivity index (χ1) is 9.87. The number of carbonyl (C=O) groups is 1. The number of carbonyl (C=O) groups excluding carboxylic acids is 1. The van der Waals surface area contributed by atoms with Crippen LogP contribution >= 0.6 is 0 Å². The van der Waals surface area contributed by atoms with E-state index in [1.165, 1.54) is 0 Å². The molecule has 2 heteroatoms. The fourth-order valence-corrected chi connectivity index (χ4v) is 2.21. The number of para-hydroxylation sites is 1. The molecule has 0 atom stereocenters. The fourth-order valence-electron chi connectivity index (χ4n) is 2.21. The van der Waals surface area contributed by atoms with E-state index < -0.39 is 0 Å². The molecule has 0 radical (unpaired) electrons. The molecule has 2 aromatic carbocycles. The van der Waals surface area contributed by atoms with E-state index in [1.54, 1.807) is 0 Å². The summed E-state index contributed by atoms with van der Waals surface area (Å²) in [6.45, 7) is 9.14. The summed E-state index contributed by atoms with van der Waals surface area (Å²) in [4.78, 5) is 14.7. The van der Waals surface area contributed by atoms with E-state index in [0.29, 0.717) is 6.54 Å². The van der Waals surface area contributed by atoms with Crippen LogP contribution in [0.2, 0.25) is 0 Å². The van der Waals surface area contributed by atoms with Gasteiger partial charge in [-0.2, -0.15) is 0 Å². The predicted molar refractivity (Wildman–Crippen MR) is 88.8 cm³/mol. The lowest BCUT2D eigenvalue weighted by Crippen LogP contribution is -2.37. The smallest absolute Gasteiger partial charge is 0.258 e. The SMILES string of the molecule is Cc1ccc(C(=O)N(CC(C)(C)C)c2ccccc2)cc1. The van der Waals surface area contributed by atoms with E-state index in [-0.39, 0.29) is 11.3 Å². The zero-order valence-electron chi connectivity index (χ0n) is 13.3. The largest absolute Gasteiger partial charge is 0.308 e. The molecule has 0 aliphatic heterocycles. The molecular formula is C19H23NO. The summed E-state index contributed by atoms with van der Waals surface area (Å²) < 4.78 is 0. The van der Waals surface area contributed by atoms with E-state index in [9.17, 15) is 4.79 Å². The second-order valence-electron chi connectivity index (χ2n) is 6.65. The lowest BCUT2D eigenvalue weighted by Gasteiger charge is -2.30. The van der Waals surface area contributed by atoms with Crippen molar-refractivity contribution >= 4 is 11.6 Å². The van der Waals surface area contributed by atoms with Crippen LogP contribution in [0.25, 0.3) is 0 Å². The first kappa shape index (κ1) is 15.3. The Hall–Kier alpha value is -2.09. The van der Waals surface area contributed by atoms with Crippen molar-refractivity contribution in [3.05, 3.63) is 65.7 Å². The minimum atomic E-state index is 0.0379. The van der Waals surface area contributed by atoms with Crippen molar-refractivity contribution in [3.8, 4) is 0 Å². The number of benzene rings is 2. The van der Waals surface area contributed by atoms with Crippen molar-refractivity contribution in [2.75, 3.05) is 11.4 Å². The third-order valence-electron chi connectivity index (χ3n) is 3.24. The molecule has 0 fully saturated rings. The molecule has 0 aromatic heterocycles. The highest BCUT2D eigenvalue weighted by Crippen LogP contribution is 2.23. The Labute approximate surface area is 127 Å². The first-order valence-corrected chi connectivity index (χ1v) is 7.30. The summed E-state index contributed by atoms with van der Waals surface area (Å²) in [5, 5.41) is 0. The highest BCUT2D eigenvalue weighted by atomic mass is 16.2. The topological polar surface area (TPSA) is 20.3 Å². The summed E-state index contributed by atoms with van der Waals surface area (Å²) in [6, 6.07) is 17.6. The summed E-state index contributed by atoms with van der Waals surface area (Å²) in [7, 11) is 0. The van der Waals surface area contributed by atoms with Crippen LogP contribution in [-0.4, -0.2) is 12.5 Å². The predicted octanol–water partition coefficient (Wildman–Crippen LogP) is 4.69. The van der Waals surface area contributed by atoms with Crippen molar-refractivity contribution in [1.82, 2.24) is 0 Å². The molecule has 21 heavy (non-hydrogen) atoms. The maximum Gasteiger partial charge on any atom is 0.258 e. The molecule has 0 spiro atoms. The van der Waals surface area contributed by atoms with Crippen molar-refractivity contribution in [2.45, 2.75) is 27.7 Å². The number of anilines is 1. The molecule has 0 saturated heterocycles. The summed E-state index contributed by atoms with van der Waals surface area (Å²) in [5.74, 6) is 0.0520. The normalized spacial score (nSPS) is 11.2. The van der Waals surface area contributed by atoms with Crippen molar-refractivity contribution in [2.24, 2.45) is 5.41 Å². The van der Waals surface area contributed by atoms with Crippen LogP contribution < -0.4 is 4.90 Å². The van der Waals surface area contributed by atoms with Gasteiger partial charge < -0.3 is 4.90 Å². The third kappa shape index (κ3) is 4.19. The Balaban J connectivity index is 2.35. The lowest BCUT2D eigenvalue weighted by molar-refractivity contribution is 0.0977. The molecule has 2 rings (SSSR count). The molecule has 0 saturated carbocycles. The Morgan fingerprint density at radius 1 is 0.952 bits per heavy atom. The number of hydrogen-bond donors (Lipinski definition) is 0. The summed E-state index contributed by atoms with van der Waals surface area (Å²) in [6.07, 6.45) is 0. The molecule has 1 amide bonds. The lowest BCUT2D eigenvalue weighted by atomic mass is 9.95. The van der Waals surface area contributed by atoms with Crippen LogP contribution in [0.15, 0.2) is 54.6 Å². The van der Waals surface area contributed by atoms with Gasteiger partial charge in [0.2, 0.25) is 0 Å². The van der Waals surface area contributed by atoms with Crippen molar-refractivity contribution < 1.29 is 4.79 Å². The van der Waals surface area contributed by atoms with Crippen molar-refractivity contribution in [3.63, 3.8) is 0 Å². The standard InChI is InChI=1S/C19H23NO/c1-15-10-12-16(13-11-15)18(21)20(14-19(2,3)4)17-8-6-5-7-9-17/h5-13H,14H2,1-4H3. The van der Waals surface area contributed by atoms with Gasteiger partial charge in [0.15, 0.2) is 0 Å². The molecule has 0 aliphatic rings. The molecule has 2 aromatic rings. The van der Waals surface area contributed by atoms with Crippen LogP contribution in [0.4, 0.5) is 5.69 Å². The number of aryl methyl sites for hydroxylation is 1. The van der Waals surface area contributed by atoms with Crippen molar-refractivity contribution in [1.29, 1.82) is 0 Å². The monoisotopic (exact) mass is 281 g/mol. The molecule has 0 aliphatic carbocycles. The van der Waals surface area contributed by atoms with Gasteiger partial charge in [-0.25, -0.2) is 0 Å². The van der Waals surface area contributed by atoms with Crippen LogP contribution in [0.1, 0.15) is 36.7 Å². The van der Waals surface area contributed by atoms with E-state index in [4.69, 9.17) is 0 Å². The molecular weight excluding hydrogens is 258 g/mol. The second kappa shape index (κ2) is 6.13. The van der Waals surface area contributed by atoms with Gasteiger partial charge in [-0.3, -0.25) is 4.79 Å². The van der Waals surface area contributed by atoms with Gasteiger partial charge in [-0.05, 0) is 36.6 Å². The minimum Gasteiger partial charge on any atom is -0.308 e. The number of nitrogens with zero attached hydrogens (tertiary/aromatic N) is 1. The average molecular weight is 281 g/mol. The molecule has 110 valence electrons. The summed E-state index contributed by atoms with van der Waals surface area (Å²) >= 11 is 0. The van der Waals surface area contributed by atoms with Crippen LogP contribution in [0.3, 0.4) is 0 Å². The van der Waals surface area contributed by atoms with E-state index in [2.05, 4.69) is 20.8 Å². The maximum atomic E-state index is 12.9. The fraction of sp³-hybridized carbons (Fsp3) is 0.316. The number of amides is 1. The van der Waals surface area contributed by atoms with E-state index in [0.717, 1.165) is 16.8 Å². The molecule has 0 N–H and O–H groups in total. The highest BCUT2D eigenvalue weighted by molar-refractivity contribution is 6.06. The highest BCUT2D eigenvalue weighted by Gasteiger charge is 2.23. The van der Waals surface area contributed by atoms with E-state index in [1.807, 2.05) is 66.4 Å². The molecule has 0 bridgehead atoms. The third-order valence-corrected chi connectivity index (χ3v) is 3.24. The zero-order valence-corrected chi connectivity index (χ0v) is 13.3. The Morgan fingerprint density at radius 2 is 1.52 bits per heavy atom. The maximum absolute atomic E-state index is 12.9. The Kier molecular flexibility index (Phi) is 4.46. The van der Waals surface area contributed by atoms with Crippen LogP contribution in [-0.2, 0) is 0 Å². The van der Waals surface area contributed by atoms with E-state index >= 15 is 0 Å². The van der Waals surface area contributed by atoms with Crippen LogP contribution in [0, 0.1) is 12.3 Å². The van der Waals surface area contributed by atoms with Gasteiger partial charge in [-0.15, -0.1) is 0 Å². The molecule has 2 nitrogen and oxygen atoms in total. The second-order valence-corrected chi connectivity index (χ2v) is 6.65. The first-order valence-electron chi connectivity index (χ1n) is 7.30. The average Bonchev–Trinajstić information content (AvgIpc) is 2.45. The van der Waals surface area contributed by atoms with Gasteiger partial charge in [-0.1, -0.05) is 56.7 Å². The van der Waals surface area contributed by atoms with Gasteiger partial charge in [0, 0.05) is 17.8 Å². The number of hydrogen-bond acceptors (Lipinski definition) is 1. The Bertz CT molecular complexity index is 594. The zero-order chi connectivity index (χ0) is 15.5.